The lowest BCUT2D eigenvalue weighted by Crippen LogP contribution is -2.36. The Bertz CT molecular complexity index is 870. The summed E-state index contributed by atoms with van der Waals surface area (Å²) in [5.74, 6) is -0.833. The van der Waals surface area contributed by atoms with Gasteiger partial charge in [0.1, 0.15) is 0 Å². The fourth-order valence-electron chi connectivity index (χ4n) is 3.23. The first-order chi connectivity index (χ1) is 11.9. The maximum Gasteiger partial charge on any atom is 0.276 e. The Hall–Kier alpha value is -2.13. The highest BCUT2D eigenvalue weighted by atomic mass is 32.2. The van der Waals surface area contributed by atoms with E-state index in [1.54, 1.807) is 10.9 Å². The Morgan fingerprint density at radius 2 is 2.16 bits per heavy atom. The summed E-state index contributed by atoms with van der Waals surface area (Å²) in [6.07, 6.45) is 6.80. The molecule has 25 heavy (non-hydrogen) atoms. The van der Waals surface area contributed by atoms with E-state index in [1.807, 2.05) is 13.2 Å². The third-order valence-electron chi connectivity index (χ3n) is 4.74. The van der Waals surface area contributed by atoms with E-state index in [4.69, 9.17) is 4.42 Å². The van der Waals surface area contributed by atoms with Gasteiger partial charge in [-0.05, 0) is 25.0 Å². The van der Waals surface area contributed by atoms with Crippen LogP contribution in [0.15, 0.2) is 40.4 Å². The van der Waals surface area contributed by atoms with Crippen LogP contribution in [0.2, 0.25) is 0 Å². The van der Waals surface area contributed by atoms with Crippen LogP contribution in [0.25, 0.3) is 0 Å². The van der Waals surface area contributed by atoms with E-state index >= 15 is 0 Å². The van der Waals surface area contributed by atoms with Gasteiger partial charge in [-0.15, -0.1) is 0 Å². The quantitative estimate of drug-likeness (QED) is 0.842. The van der Waals surface area contributed by atoms with Crippen molar-refractivity contribution in [3.8, 4) is 0 Å². The number of imidazole rings is 1. The molecule has 0 aromatic carbocycles. The number of aryl methyl sites for hydroxylation is 1. The van der Waals surface area contributed by atoms with Crippen molar-refractivity contribution in [1.82, 2.24) is 19.2 Å². The van der Waals surface area contributed by atoms with E-state index in [9.17, 15) is 13.2 Å². The van der Waals surface area contributed by atoms with Crippen LogP contribution in [0.1, 0.15) is 24.5 Å². The van der Waals surface area contributed by atoms with Crippen molar-refractivity contribution in [2.75, 3.05) is 13.1 Å². The van der Waals surface area contributed by atoms with Crippen molar-refractivity contribution in [2.24, 2.45) is 13.0 Å². The van der Waals surface area contributed by atoms with Gasteiger partial charge in [-0.1, -0.05) is 0 Å². The summed E-state index contributed by atoms with van der Waals surface area (Å²) in [4.78, 5) is 17.0. The maximum absolute atomic E-state index is 12.8. The Morgan fingerprint density at radius 3 is 2.76 bits per heavy atom. The fraction of sp³-hybridized carbons (Fsp3) is 0.500. The van der Waals surface area contributed by atoms with E-state index in [-0.39, 0.29) is 36.0 Å². The number of rotatable bonds is 5. The standard InChI is InChI=1S/C16H20N4O4S/c1-19-9-14(17-10-19)12-7-20(25(22,23)15-3-2-6-24-15)8-13(12)16(21)18-11-4-5-11/h2-3,6,9-13H,4-5,7-8H2,1H3,(H,18,21)/t12-,13-/m1/s1. The molecule has 0 unspecified atom stereocenters. The van der Waals surface area contributed by atoms with Crippen LogP contribution in [-0.2, 0) is 21.9 Å². The largest absolute Gasteiger partial charge is 0.452 e. The Kier molecular flexibility index (Phi) is 3.92. The molecule has 1 N–H and O–H groups in total. The van der Waals surface area contributed by atoms with Crippen molar-refractivity contribution in [3.63, 3.8) is 0 Å². The Balaban J connectivity index is 1.62. The van der Waals surface area contributed by atoms with Crippen LogP contribution in [0.5, 0.6) is 0 Å². The van der Waals surface area contributed by atoms with Crippen molar-refractivity contribution >= 4 is 15.9 Å². The van der Waals surface area contributed by atoms with Crippen molar-refractivity contribution in [1.29, 1.82) is 0 Å². The molecular weight excluding hydrogens is 344 g/mol. The number of furan rings is 1. The molecule has 0 spiro atoms. The van der Waals surface area contributed by atoms with E-state index < -0.39 is 15.9 Å². The molecule has 9 heteroatoms. The minimum Gasteiger partial charge on any atom is -0.452 e. The van der Waals surface area contributed by atoms with Crippen molar-refractivity contribution < 1.29 is 17.6 Å². The third-order valence-corrected chi connectivity index (χ3v) is 6.46. The predicted octanol–water partition coefficient (Wildman–Crippen LogP) is 0.696. The molecule has 1 saturated heterocycles. The molecule has 2 aliphatic rings. The number of nitrogens with zero attached hydrogens (tertiary/aromatic N) is 3. The Labute approximate surface area is 145 Å². The number of carbonyl (C=O) groups excluding carboxylic acids is 1. The van der Waals surface area contributed by atoms with Gasteiger partial charge >= 0.3 is 0 Å². The minimum atomic E-state index is -3.76. The van der Waals surface area contributed by atoms with Gasteiger partial charge in [0.2, 0.25) is 11.0 Å². The van der Waals surface area contributed by atoms with E-state index in [1.165, 1.54) is 22.7 Å². The fourth-order valence-corrected chi connectivity index (χ4v) is 4.62. The molecule has 1 aliphatic carbocycles. The van der Waals surface area contributed by atoms with Gasteiger partial charge in [-0.3, -0.25) is 4.79 Å². The summed E-state index contributed by atoms with van der Waals surface area (Å²) in [5.41, 5.74) is 0.732. The molecule has 2 aromatic heterocycles. The number of hydrogen-bond donors (Lipinski definition) is 1. The van der Waals surface area contributed by atoms with Gasteiger partial charge in [0.25, 0.3) is 10.0 Å². The third kappa shape index (κ3) is 3.09. The summed E-state index contributed by atoms with van der Waals surface area (Å²) >= 11 is 0. The van der Waals surface area contributed by atoms with Gasteiger partial charge < -0.3 is 14.3 Å². The predicted molar refractivity (Wildman–Crippen MR) is 88.1 cm³/mol. The highest BCUT2D eigenvalue weighted by Crippen LogP contribution is 2.36. The first-order valence-corrected chi connectivity index (χ1v) is 9.71. The summed E-state index contributed by atoms with van der Waals surface area (Å²) in [7, 11) is -1.91. The van der Waals surface area contributed by atoms with E-state index in [0.29, 0.717) is 0 Å². The molecule has 2 atom stereocenters. The molecule has 0 radical (unpaired) electrons. The lowest BCUT2D eigenvalue weighted by molar-refractivity contribution is -0.125. The zero-order valence-electron chi connectivity index (χ0n) is 13.8. The van der Waals surface area contributed by atoms with E-state index in [0.717, 1.165) is 18.5 Å². The highest BCUT2D eigenvalue weighted by molar-refractivity contribution is 7.89. The van der Waals surface area contributed by atoms with Gasteiger partial charge in [-0.25, -0.2) is 13.4 Å². The average molecular weight is 364 g/mol. The molecule has 1 aliphatic heterocycles. The highest BCUT2D eigenvalue weighted by Gasteiger charge is 2.45. The first kappa shape index (κ1) is 16.3. The SMILES string of the molecule is Cn1cnc([C@@H]2CN(S(=O)(=O)c3ccco3)C[C@H]2C(=O)NC2CC2)c1. The number of nitrogens with one attached hydrogen (secondary N) is 1. The lowest BCUT2D eigenvalue weighted by atomic mass is 9.92. The van der Waals surface area contributed by atoms with E-state index in [2.05, 4.69) is 10.3 Å². The molecule has 134 valence electrons. The minimum absolute atomic E-state index is 0.101. The molecule has 2 fully saturated rings. The zero-order valence-corrected chi connectivity index (χ0v) is 14.6. The number of aromatic nitrogens is 2. The van der Waals surface area contributed by atoms with Gasteiger partial charge in [0, 0.05) is 38.3 Å². The van der Waals surface area contributed by atoms with Crippen LogP contribution < -0.4 is 5.32 Å². The molecule has 1 amide bonds. The second-order valence-electron chi connectivity index (χ2n) is 6.71. The summed E-state index contributed by atoms with van der Waals surface area (Å²) < 4.78 is 33.7. The molecule has 3 heterocycles. The molecular formula is C16H20N4O4S. The van der Waals surface area contributed by atoms with Crippen molar-refractivity contribution in [2.45, 2.75) is 29.9 Å². The average Bonchev–Trinajstić information content (AvgIpc) is 3.04. The summed E-state index contributed by atoms with van der Waals surface area (Å²) in [6.45, 7) is 0.339. The molecule has 8 nitrogen and oxygen atoms in total. The van der Waals surface area contributed by atoms with Gasteiger partial charge in [0.05, 0.1) is 24.2 Å². The van der Waals surface area contributed by atoms with Crippen LogP contribution >= 0.6 is 0 Å². The van der Waals surface area contributed by atoms with Crippen LogP contribution in [0, 0.1) is 5.92 Å². The number of amides is 1. The van der Waals surface area contributed by atoms with Crippen LogP contribution in [-0.4, -0.2) is 47.3 Å². The van der Waals surface area contributed by atoms with Crippen LogP contribution in [0.4, 0.5) is 0 Å². The summed E-state index contributed by atoms with van der Waals surface area (Å²) in [6, 6.07) is 3.19. The first-order valence-electron chi connectivity index (χ1n) is 8.27. The molecule has 2 aromatic rings. The lowest BCUT2D eigenvalue weighted by Gasteiger charge is -2.16. The Morgan fingerprint density at radius 1 is 1.36 bits per heavy atom. The normalized spacial score (nSPS) is 24.5. The van der Waals surface area contributed by atoms with Gasteiger partial charge in [-0.2, -0.15) is 4.31 Å². The molecule has 4 rings (SSSR count). The van der Waals surface area contributed by atoms with Gasteiger partial charge in [0.15, 0.2) is 0 Å². The van der Waals surface area contributed by atoms with Crippen LogP contribution in [0.3, 0.4) is 0 Å². The summed E-state index contributed by atoms with van der Waals surface area (Å²) in [5, 5.41) is 2.89. The topological polar surface area (TPSA) is 97.4 Å². The van der Waals surface area contributed by atoms with Crippen molar-refractivity contribution in [3.05, 3.63) is 36.6 Å². The number of carbonyl (C=O) groups is 1. The molecule has 1 saturated carbocycles. The monoisotopic (exact) mass is 364 g/mol. The maximum atomic E-state index is 12.8. The second kappa shape index (κ2) is 5.99. The number of sulfonamides is 1. The smallest absolute Gasteiger partial charge is 0.276 e. The number of hydrogen-bond acceptors (Lipinski definition) is 5. The molecule has 0 bridgehead atoms. The zero-order chi connectivity index (χ0) is 17.6. The second-order valence-corrected chi connectivity index (χ2v) is 8.58.